The van der Waals surface area contributed by atoms with Crippen LogP contribution in [-0.4, -0.2) is 41.6 Å². The number of urea groups is 1. The number of aliphatic carboxylic acids is 1. The molecule has 120 valence electrons. The lowest BCUT2D eigenvalue weighted by molar-refractivity contribution is -0.137. The predicted molar refractivity (Wildman–Crippen MR) is 81.1 cm³/mol. The van der Waals surface area contributed by atoms with Crippen molar-refractivity contribution >= 4 is 12.0 Å². The Labute approximate surface area is 127 Å². The number of amides is 2. The number of piperidine rings is 1. The summed E-state index contributed by atoms with van der Waals surface area (Å²) in [6, 6.07) is 0.0543. The molecule has 2 aliphatic rings. The molecule has 0 spiro atoms. The molecule has 1 saturated heterocycles. The van der Waals surface area contributed by atoms with Crippen molar-refractivity contribution in [3.8, 4) is 0 Å². The Morgan fingerprint density at radius 3 is 2.38 bits per heavy atom. The van der Waals surface area contributed by atoms with Gasteiger partial charge in [-0.05, 0) is 49.4 Å². The lowest BCUT2D eigenvalue weighted by Crippen LogP contribution is -2.46. The van der Waals surface area contributed by atoms with E-state index in [2.05, 4.69) is 19.2 Å². The number of rotatable bonds is 6. The van der Waals surface area contributed by atoms with Crippen LogP contribution in [0.1, 0.15) is 52.4 Å². The molecule has 1 saturated carbocycles. The van der Waals surface area contributed by atoms with E-state index in [1.54, 1.807) is 0 Å². The second-order valence-electron chi connectivity index (χ2n) is 7.04. The summed E-state index contributed by atoms with van der Waals surface area (Å²) in [5.74, 6) is 0.355. The number of carbonyl (C=O) groups excluding carboxylic acids is 1. The molecule has 2 fully saturated rings. The van der Waals surface area contributed by atoms with Crippen molar-refractivity contribution in [1.29, 1.82) is 0 Å². The smallest absolute Gasteiger partial charge is 0.317 e. The third kappa shape index (κ3) is 4.35. The molecule has 21 heavy (non-hydrogen) atoms. The summed E-state index contributed by atoms with van der Waals surface area (Å²) in [6.45, 7) is 6.76. The highest BCUT2D eigenvalue weighted by atomic mass is 16.4. The first-order valence-electron chi connectivity index (χ1n) is 8.17. The van der Waals surface area contributed by atoms with E-state index in [0.717, 1.165) is 38.9 Å². The Balaban J connectivity index is 1.67. The van der Waals surface area contributed by atoms with E-state index in [1.807, 2.05) is 4.90 Å². The molecule has 0 aromatic rings. The molecule has 1 aliphatic carbocycles. The number of carboxylic acid groups (broad SMARTS) is 1. The number of hydrogen-bond acceptors (Lipinski definition) is 2. The lowest BCUT2D eigenvalue weighted by Gasteiger charge is -2.32. The maximum atomic E-state index is 12.2. The van der Waals surface area contributed by atoms with Crippen molar-refractivity contribution in [2.45, 2.75) is 52.4 Å². The number of hydrogen-bond donors (Lipinski definition) is 2. The normalized spacial score (nSPS) is 21.4. The van der Waals surface area contributed by atoms with Crippen LogP contribution in [0.25, 0.3) is 0 Å². The molecule has 5 heteroatoms. The van der Waals surface area contributed by atoms with Crippen LogP contribution in [0.4, 0.5) is 4.79 Å². The van der Waals surface area contributed by atoms with Crippen molar-refractivity contribution in [2.24, 2.45) is 17.3 Å². The van der Waals surface area contributed by atoms with Crippen LogP contribution in [0.5, 0.6) is 0 Å². The molecule has 2 N–H and O–H groups in total. The van der Waals surface area contributed by atoms with Gasteiger partial charge in [0.2, 0.25) is 0 Å². The molecule has 0 aromatic carbocycles. The van der Waals surface area contributed by atoms with Crippen LogP contribution < -0.4 is 5.32 Å². The van der Waals surface area contributed by atoms with Gasteiger partial charge in [-0.3, -0.25) is 4.79 Å². The predicted octanol–water partition coefficient (Wildman–Crippen LogP) is 2.71. The Bertz CT molecular complexity index is 383. The highest BCUT2D eigenvalue weighted by molar-refractivity contribution is 5.74. The zero-order valence-corrected chi connectivity index (χ0v) is 13.2. The van der Waals surface area contributed by atoms with Gasteiger partial charge in [0.25, 0.3) is 0 Å². The van der Waals surface area contributed by atoms with E-state index in [4.69, 9.17) is 5.11 Å². The molecular weight excluding hydrogens is 268 g/mol. The lowest BCUT2D eigenvalue weighted by atomic mass is 9.92. The highest BCUT2D eigenvalue weighted by Gasteiger charge is 2.45. The van der Waals surface area contributed by atoms with Gasteiger partial charge in [0.05, 0.1) is 0 Å². The van der Waals surface area contributed by atoms with Crippen LogP contribution in [0.15, 0.2) is 0 Å². The van der Waals surface area contributed by atoms with E-state index in [1.165, 1.54) is 12.8 Å². The molecule has 1 heterocycles. The molecule has 2 amide bonds. The third-order valence-corrected chi connectivity index (χ3v) is 5.38. The van der Waals surface area contributed by atoms with Crippen molar-refractivity contribution in [1.82, 2.24) is 10.2 Å². The van der Waals surface area contributed by atoms with Gasteiger partial charge >= 0.3 is 12.0 Å². The zero-order chi connectivity index (χ0) is 15.5. The van der Waals surface area contributed by atoms with Gasteiger partial charge in [-0.1, -0.05) is 13.8 Å². The number of nitrogens with zero attached hydrogens (tertiary/aromatic N) is 1. The first kappa shape index (κ1) is 16.1. The minimum absolute atomic E-state index is 0.0543. The van der Waals surface area contributed by atoms with E-state index in [9.17, 15) is 9.59 Å². The summed E-state index contributed by atoms with van der Waals surface area (Å²) in [5.41, 5.74) is 0.343. The molecular formula is C16H28N2O3. The average Bonchev–Trinajstić information content (AvgIpc) is 3.24. The monoisotopic (exact) mass is 296 g/mol. The molecule has 0 aromatic heterocycles. The minimum Gasteiger partial charge on any atom is -0.481 e. The first-order chi connectivity index (χ1) is 9.93. The number of likely N-dealkylation sites (tertiary alicyclic amines) is 1. The molecule has 0 atom stereocenters. The van der Waals surface area contributed by atoms with Crippen LogP contribution in [0.2, 0.25) is 0 Å². The summed E-state index contributed by atoms with van der Waals surface area (Å²) in [7, 11) is 0. The Morgan fingerprint density at radius 1 is 1.29 bits per heavy atom. The molecule has 0 radical (unpaired) electrons. The van der Waals surface area contributed by atoms with Crippen LogP contribution in [-0.2, 0) is 4.79 Å². The largest absolute Gasteiger partial charge is 0.481 e. The van der Waals surface area contributed by atoms with Crippen LogP contribution >= 0.6 is 0 Å². The fourth-order valence-corrected chi connectivity index (χ4v) is 3.23. The van der Waals surface area contributed by atoms with Gasteiger partial charge in [0, 0.05) is 26.1 Å². The zero-order valence-electron chi connectivity index (χ0n) is 13.2. The molecule has 0 bridgehead atoms. The summed E-state index contributed by atoms with van der Waals surface area (Å²) < 4.78 is 0. The van der Waals surface area contributed by atoms with Crippen LogP contribution in [0.3, 0.4) is 0 Å². The van der Waals surface area contributed by atoms with Gasteiger partial charge in [-0.25, -0.2) is 4.79 Å². The topological polar surface area (TPSA) is 69.6 Å². The van der Waals surface area contributed by atoms with Gasteiger partial charge < -0.3 is 15.3 Å². The molecule has 2 rings (SSSR count). The first-order valence-corrected chi connectivity index (χ1v) is 8.17. The fraction of sp³-hybridized carbons (Fsp3) is 0.875. The Morgan fingerprint density at radius 2 is 1.90 bits per heavy atom. The van der Waals surface area contributed by atoms with Crippen molar-refractivity contribution < 1.29 is 14.7 Å². The molecule has 0 unspecified atom stereocenters. The summed E-state index contributed by atoms with van der Waals surface area (Å²) >= 11 is 0. The second kappa shape index (κ2) is 6.67. The van der Waals surface area contributed by atoms with Gasteiger partial charge in [0.15, 0.2) is 0 Å². The van der Waals surface area contributed by atoms with Crippen LogP contribution in [0, 0.1) is 17.3 Å². The van der Waals surface area contributed by atoms with Crippen molar-refractivity contribution in [3.63, 3.8) is 0 Å². The van der Waals surface area contributed by atoms with E-state index in [0.29, 0.717) is 17.3 Å². The average molecular weight is 296 g/mol. The molecule has 5 nitrogen and oxygen atoms in total. The van der Waals surface area contributed by atoms with Crippen molar-refractivity contribution in [3.05, 3.63) is 0 Å². The maximum Gasteiger partial charge on any atom is 0.317 e. The number of carbonyl (C=O) groups is 2. The number of nitrogens with one attached hydrogen (secondary N) is 1. The fourth-order valence-electron chi connectivity index (χ4n) is 3.23. The van der Waals surface area contributed by atoms with E-state index in [-0.39, 0.29) is 12.5 Å². The summed E-state index contributed by atoms with van der Waals surface area (Å²) in [4.78, 5) is 24.7. The standard InChI is InChI=1S/C16H28N2O3/c1-12(2)16(7-8-16)11-17-15(21)18-9-5-13(6-10-18)3-4-14(19)20/h12-13H,3-11H2,1-2H3,(H,17,21)(H,19,20). The van der Waals surface area contributed by atoms with E-state index >= 15 is 0 Å². The van der Waals surface area contributed by atoms with Gasteiger partial charge in [-0.15, -0.1) is 0 Å². The van der Waals surface area contributed by atoms with Crippen molar-refractivity contribution in [2.75, 3.05) is 19.6 Å². The summed E-state index contributed by atoms with van der Waals surface area (Å²) in [5, 5.41) is 11.8. The molecule has 1 aliphatic heterocycles. The number of carboxylic acids is 1. The Kier molecular flexibility index (Phi) is 5.12. The SMILES string of the molecule is CC(C)C1(CNC(=O)N2CCC(CCC(=O)O)CC2)CC1. The Hall–Kier alpha value is -1.26. The maximum absolute atomic E-state index is 12.2. The van der Waals surface area contributed by atoms with Gasteiger partial charge in [0.1, 0.15) is 0 Å². The van der Waals surface area contributed by atoms with E-state index < -0.39 is 5.97 Å². The summed E-state index contributed by atoms with van der Waals surface area (Å²) in [6.07, 6.45) is 5.28. The quantitative estimate of drug-likeness (QED) is 0.791. The minimum atomic E-state index is -0.724. The second-order valence-corrected chi connectivity index (χ2v) is 7.04. The third-order valence-electron chi connectivity index (χ3n) is 5.38. The highest BCUT2D eigenvalue weighted by Crippen LogP contribution is 2.51. The van der Waals surface area contributed by atoms with Gasteiger partial charge in [-0.2, -0.15) is 0 Å².